The number of carbonyl (C=O) groups is 2. The van der Waals surface area contributed by atoms with Gasteiger partial charge in [-0.25, -0.2) is 4.79 Å². The summed E-state index contributed by atoms with van der Waals surface area (Å²) < 4.78 is 4.68. The lowest BCUT2D eigenvalue weighted by Gasteiger charge is -2.49. The molecule has 2 bridgehead atoms. The first-order chi connectivity index (χ1) is 10.2. The van der Waals surface area contributed by atoms with E-state index in [0.29, 0.717) is 17.9 Å². The molecule has 0 aromatic heterocycles. The normalized spacial score (nSPS) is 31.7. The molecule has 2 aliphatic rings. The molecule has 0 unspecified atom stereocenters. The smallest absolute Gasteiger partial charge is 0.407 e. The van der Waals surface area contributed by atoms with Gasteiger partial charge in [0.25, 0.3) is 0 Å². The van der Waals surface area contributed by atoms with Gasteiger partial charge in [0.1, 0.15) is 6.04 Å². The number of likely N-dealkylation sites (tertiary alicyclic amines) is 1. The zero-order chi connectivity index (χ0) is 16.7. The maximum absolute atomic E-state index is 13.2. The van der Waals surface area contributed by atoms with Gasteiger partial charge in [-0.2, -0.15) is 0 Å². The van der Waals surface area contributed by atoms with Crippen molar-refractivity contribution in [1.82, 2.24) is 10.2 Å². The summed E-state index contributed by atoms with van der Waals surface area (Å²) in [6, 6.07) is -0.199. The molecule has 1 saturated heterocycles. The Hall–Kier alpha value is -1.26. The highest BCUT2D eigenvalue weighted by Gasteiger charge is 2.57. The Balaban J connectivity index is 2.27. The number of amides is 2. The molecule has 0 spiro atoms. The van der Waals surface area contributed by atoms with Gasteiger partial charge >= 0.3 is 6.09 Å². The van der Waals surface area contributed by atoms with Gasteiger partial charge in [-0.1, -0.05) is 27.7 Å². The fraction of sp³-hybridized carbons (Fsp3) is 0.882. The predicted molar refractivity (Wildman–Crippen MR) is 85.4 cm³/mol. The summed E-state index contributed by atoms with van der Waals surface area (Å²) in [5.74, 6) is 1.05. The van der Waals surface area contributed by atoms with E-state index >= 15 is 0 Å². The van der Waals surface area contributed by atoms with Gasteiger partial charge in [0, 0.05) is 11.6 Å². The van der Waals surface area contributed by atoms with Crippen molar-refractivity contribution in [3.63, 3.8) is 0 Å². The number of rotatable bonds is 4. The minimum Gasteiger partial charge on any atom is -0.453 e. The molecule has 1 heterocycles. The molecule has 1 aliphatic heterocycles. The average Bonchev–Trinajstić information content (AvgIpc) is 3.03. The topological polar surface area (TPSA) is 58.6 Å². The van der Waals surface area contributed by atoms with E-state index in [9.17, 15) is 9.59 Å². The molecular formula is C17H30N2O3. The van der Waals surface area contributed by atoms with E-state index in [0.717, 1.165) is 12.8 Å². The number of methoxy groups -OCH3 is 1. The second-order valence-electron chi connectivity index (χ2n) is 7.61. The number of hydrogen-bond donors (Lipinski definition) is 1. The van der Waals surface area contributed by atoms with Crippen molar-refractivity contribution in [2.24, 2.45) is 17.8 Å². The van der Waals surface area contributed by atoms with Crippen molar-refractivity contribution in [3.05, 3.63) is 0 Å². The summed E-state index contributed by atoms with van der Waals surface area (Å²) >= 11 is 0. The van der Waals surface area contributed by atoms with Gasteiger partial charge in [-0.05, 0) is 43.9 Å². The van der Waals surface area contributed by atoms with E-state index in [1.807, 2.05) is 13.8 Å². The maximum atomic E-state index is 13.2. The summed E-state index contributed by atoms with van der Waals surface area (Å²) in [7, 11) is 1.33. The van der Waals surface area contributed by atoms with Crippen molar-refractivity contribution in [2.75, 3.05) is 7.11 Å². The van der Waals surface area contributed by atoms with Crippen molar-refractivity contribution in [1.29, 1.82) is 0 Å². The summed E-state index contributed by atoms with van der Waals surface area (Å²) in [6.07, 6.45) is 2.85. The van der Waals surface area contributed by atoms with Gasteiger partial charge in [-0.3, -0.25) is 4.79 Å². The molecular weight excluding hydrogens is 280 g/mol. The van der Waals surface area contributed by atoms with Crippen LogP contribution in [0, 0.1) is 17.8 Å². The molecule has 2 amide bonds. The third kappa shape index (κ3) is 2.59. The third-order valence-corrected chi connectivity index (χ3v) is 5.91. The molecule has 4 atom stereocenters. The molecule has 2 fully saturated rings. The molecule has 1 saturated carbocycles. The summed E-state index contributed by atoms with van der Waals surface area (Å²) in [4.78, 5) is 26.9. The van der Waals surface area contributed by atoms with Gasteiger partial charge in [-0.15, -0.1) is 0 Å². The zero-order valence-electron chi connectivity index (χ0n) is 14.7. The molecule has 1 aliphatic carbocycles. The largest absolute Gasteiger partial charge is 0.453 e. The second kappa shape index (κ2) is 6.09. The first-order valence-corrected chi connectivity index (χ1v) is 8.41. The Labute approximate surface area is 133 Å². The zero-order valence-corrected chi connectivity index (χ0v) is 14.7. The number of alkyl carbamates (subject to hydrolysis) is 1. The van der Waals surface area contributed by atoms with E-state index in [2.05, 4.69) is 35.7 Å². The first-order valence-electron chi connectivity index (χ1n) is 8.41. The Morgan fingerprint density at radius 1 is 1.23 bits per heavy atom. The highest BCUT2D eigenvalue weighted by Crippen LogP contribution is 2.52. The van der Waals surface area contributed by atoms with E-state index in [-0.39, 0.29) is 17.4 Å². The van der Waals surface area contributed by atoms with Crippen LogP contribution in [0.3, 0.4) is 0 Å². The number of nitrogens with zero attached hydrogens (tertiary/aromatic N) is 1. The molecule has 22 heavy (non-hydrogen) atoms. The first kappa shape index (κ1) is 17.1. The molecule has 0 aromatic rings. The number of carbonyl (C=O) groups excluding carboxylic acids is 2. The number of hydrogen-bond acceptors (Lipinski definition) is 3. The number of ether oxygens (including phenoxy) is 1. The number of piperidine rings is 1. The SMILES string of the molecule is COC(=O)N[C@H](C(=O)N1[C@H]2CC[C@H](C2)[C@@]1(C)C(C)C)C(C)C. The quantitative estimate of drug-likeness (QED) is 0.868. The van der Waals surface area contributed by atoms with Crippen LogP contribution < -0.4 is 5.32 Å². The fourth-order valence-electron chi connectivity index (χ4n) is 4.33. The van der Waals surface area contributed by atoms with E-state index < -0.39 is 12.1 Å². The monoisotopic (exact) mass is 310 g/mol. The minimum atomic E-state index is -0.539. The van der Waals surface area contributed by atoms with Crippen molar-refractivity contribution >= 4 is 12.0 Å². The van der Waals surface area contributed by atoms with Gasteiger partial charge < -0.3 is 15.0 Å². The molecule has 1 N–H and O–H groups in total. The summed E-state index contributed by atoms with van der Waals surface area (Å²) in [5, 5.41) is 2.73. The maximum Gasteiger partial charge on any atom is 0.407 e. The Morgan fingerprint density at radius 2 is 1.86 bits per heavy atom. The summed E-state index contributed by atoms with van der Waals surface area (Å²) in [5.41, 5.74) is -0.106. The molecule has 126 valence electrons. The van der Waals surface area contributed by atoms with Crippen LogP contribution in [0.1, 0.15) is 53.9 Å². The van der Waals surface area contributed by atoms with E-state index in [1.54, 1.807) is 0 Å². The lowest BCUT2D eigenvalue weighted by molar-refractivity contribution is -0.145. The van der Waals surface area contributed by atoms with Crippen LogP contribution in [0.4, 0.5) is 4.79 Å². The van der Waals surface area contributed by atoms with Crippen molar-refractivity contribution < 1.29 is 14.3 Å². The van der Waals surface area contributed by atoms with Crippen LogP contribution in [-0.2, 0) is 9.53 Å². The molecule has 0 aromatic carbocycles. The minimum absolute atomic E-state index is 0.0298. The Bertz CT molecular complexity index is 449. The molecule has 2 rings (SSSR count). The lowest BCUT2D eigenvalue weighted by Crippen LogP contribution is -2.62. The molecule has 5 nitrogen and oxygen atoms in total. The third-order valence-electron chi connectivity index (χ3n) is 5.91. The molecule has 0 radical (unpaired) electrons. The van der Waals surface area contributed by atoms with Crippen LogP contribution in [0.2, 0.25) is 0 Å². The fourth-order valence-corrected chi connectivity index (χ4v) is 4.33. The Kier molecular flexibility index (Phi) is 4.73. The van der Waals surface area contributed by atoms with Crippen LogP contribution in [0.25, 0.3) is 0 Å². The van der Waals surface area contributed by atoms with Crippen LogP contribution in [0.15, 0.2) is 0 Å². The van der Waals surface area contributed by atoms with Gasteiger partial charge in [0.15, 0.2) is 0 Å². The van der Waals surface area contributed by atoms with E-state index in [4.69, 9.17) is 0 Å². The molecule has 5 heteroatoms. The van der Waals surface area contributed by atoms with Gasteiger partial charge in [0.2, 0.25) is 5.91 Å². The van der Waals surface area contributed by atoms with Gasteiger partial charge in [0.05, 0.1) is 7.11 Å². The van der Waals surface area contributed by atoms with Crippen LogP contribution >= 0.6 is 0 Å². The average molecular weight is 310 g/mol. The summed E-state index contributed by atoms with van der Waals surface area (Å²) in [6.45, 7) is 10.5. The Morgan fingerprint density at radius 3 is 2.36 bits per heavy atom. The number of nitrogens with one attached hydrogen (secondary N) is 1. The number of fused-ring (bicyclic) bond motifs is 2. The van der Waals surface area contributed by atoms with E-state index in [1.165, 1.54) is 13.5 Å². The van der Waals surface area contributed by atoms with Crippen molar-refractivity contribution in [2.45, 2.75) is 71.5 Å². The highest BCUT2D eigenvalue weighted by atomic mass is 16.5. The standard InChI is InChI=1S/C17H30N2O3/c1-10(2)14(18-16(21)22-6)15(20)19-13-8-7-12(9-13)17(19,5)11(3)4/h10-14H,7-9H2,1-6H3,(H,18,21)/t12-,13+,14+,17-/m1/s1. The van der Waals surface area contributed by atoms with Crippen molar-refractivity contribution in [3.8, 4) is 0 Å². The van der Waals surface area contributed by atoms with Crippen LogP contribution in [0.5, 0.6) is 0 Å². The lowest BCUT2D eigenvalue weighted by atomic mass is 9.75. The highest BCUT2D eigenvalue weighted by molar-refractivity contribution is 5.87. The predicted octanol–water partition coefficient (Wildman–Crippen LogP) is 2.79. The second-order valence-corrected chi connectivity index (χ2v) is 7.61. The van der Waals surface area contributed by atoms with Crippen LogP contribution in [-0.4, -0.2) is 41.6 Å².